The molecular formula is C23H28N2O7S. The van der Waals surface area contributed by atoms with E-state index in [1.807, 2.05) is 0 Å². The Morgan fingerprint density at radius 2 is 1.82 bits per heavy atom. The van der Waals surface area contributed by atoms with Crippen LogP contribution in [0.1, 0.15) is 40.0 Å². The van der Waals surface area contributed by atoms with Crippen LogP contribution in [0.25, 0.3) is 0 Å². The number of cyclic esters (lactones) is 1. The maximum atomic E-state index is 14.1. The Hall–Kier alpha value is -2.46. The highest BCUT2D eigenvalue weighted by Gasteiger charge is 2.90. The minimum absolute atomic E-state index is 0.0357. The lowest BCUT2D eigenvalue weighted by atomic mass is 9.71. The summed E-state index contributed by atoms with van der Waals surface area (Å²) in [6, 6.07) is 7.93. The highest BCUT2D eigenvalue weighted by Crippen LogP contribution is 2.66. The SMILES string of the molecule is CCN(CC)C(=O)[C@@]1(CC)OC(=O)[C@@]23O[C@]4(CCCN4C2=O)[C@@H](S(=O)(=O)c2ccccc2)[C@H]31. The van der Waals surface area contributed by atoms with Crippen LogP contribution in [0.3, 0.4) is 0 Å². The van der Waals surface area contributed by atoms with Crippen molar-refractivity contribution in [3.63, 3.8) is 0 Å². The number of hydrogen-bond acceptors (Lipinski definition) is 7. The fraction of sp³-hybridized carbons (Fsp3) is 0.609. The van der Waals surface area contributed by atoms with Gasteiger partial charge in [-0.15, -0.1) is 0 Å². The molecule has 10 heteroatoms. The standard InChI is InChI=1S/C23H28N2O7S/c1-4-21(18(26)24(5-2)6-3)16-17(33(29,30)15-11-8-7-9-12-15)22-13-10-14-25(22)19(27)23(16,32-22)20(28)31-21/h7-9,11-12,16-17H,4-6,10,13-14H2,1-3H3/t16-,17-,21-,22+,23-/m0/s1. The van der Waals surface area contributed by atoms with Crippen LogP contribution in [-0.4, -0.2) is 77.8 Å². The number of likely N-dealkylation sites (N-methyl/N-ethyl adjacent to an activating group) is 1. The minimum Gasteiger partial charge on any atom is -0.446 e. The molecule has 33 heavy (non-hydrogen) atoms. The summed E-state index contributed by atoms with van der Waals surface area (Å²) in [7, 11) is -4.11. The summed E-state index contributed by atoms with van der Waals surface area (Å²) in [6.45, 7) is 6.29. The first-order chi connectivity index (χ1) is 15.7. The van der Waals surface area contributed by atoms with Crippen LogP contribution in [0.15, 0.2) is 35.2 Å². The summed E-state index contributed by atoms with van der Waals surface area (Å²) < 4.78 is 40.3. The maximum Gasteiger partial charge on any atom is 0.350 e. The van der Waals surface area contributed by atoms with Crippen molar-refractivity contribution in [1.29, 1.82) is 0 Å². The Kier molecular flexibility index (Phi) is 4.75. The molecule has 178 valence electrons. The van der Waals surface area contributed by atoms with Crippen LogP contribution in [0.4, 0.5) is 0 Å². The van der Waals surface area contributed by atoms with Gasteiger partial charge in [0.15, 0.2) is 21.2 Å². The van der Waals surface area contributed by atoms with Crippen molar-refractivity contribution >= 4 is 27.6 Å². The second-order valence-corrected chi connectivity index (χ2v) is 11.2. The lowest BCUT2D eigenvalue weighted by Gasteiger charge is -2.43. The van der Waals surface area contributed by atoms with Crippen LogP contribution in [0.5, 0.6) is 0 Å². The van der Waals surface area contributed by atoms with E-state index in [0.717, 1.165) is 0 Å². The Labute approximate surface area is 192 Å². The maximum absolute atomic E-state index is 14.1. The molecule has 1 aromatic carbocycles. The number of sulfone groups is 1. The van der Waals surface area contributed by atoms with E-state index in [-0.39, 0.29) is 17.7 Å². The van der Waals surface area contributed by atoms with Crippen molar-refractivity contribution in [2.45, 2.75) is 67.1 Å². The number of piperidine rings is 1. The van der Waals surface area contributed by atoms with Gasteiger partial charge in [0, 0.05) is 19.6 Å². The van der Waals surface area contributed by atoms with E-state index in [1.54, 1.807) is 39.0 Å². The fourth-order valence-electron chi connectivity index (χ4n) is 6.45. The molecule has 0 aromatic heterocycles. The summed E-state index contributed by atoms with van der Waals surface area (Å²) in [4.78, 5) is 43.8. The molecular weight excluding hydrogens is 448 g/mol. The quantitative estimate of drug-likeness (QED) is 0.447. The van der Waals surface area contributed by atoms with Gasteiger partial charge in [-0.2, -0.15) is 0 Å². The largest absolute Gasteiger partial charge is 0.446 e. The predicted molar refractivity (Wildman–Crippen MR) is 115 cm³/mol. The average Bonchev–Trinajstić information content (AvgIpc) is 3.51. The van der Waals surface area contributed by atoms with Crippen molar-refractivity contribution in [2.24, 2.45) is 5.92 Å². The second-order valence-electron chi connectivity index (χ2n) is 9.11. The van der Waals surface area contributed by atoms with Gasteiger partial charge in [-0.1, -0.05) is 25.1 Å². The van der Waals surface area contributed by atoms with E-state index in [4.69, 9.17) is 9.47 Å². The Morgan fingerprint density at radius 1 is 1.15 bits per heavy atom. The molecule has 0 radical (unpaired) electrons. The minimum atomic E-state index is -4.11. The molecule has 9 nitrogen and oxygen atoms in total. The van der Waals surface area contributed by atoms with Crippen LogP contribution in [0, 0.1) is 5.92 Å². The molecule has 0 unspecified atom stereocenters. The van der Waals surface area contributed by atoms with E-state index in [0.29, 0.717) is 26.1 Å². The summed E-state index contributed by atoms with van der Waals surface area (Å²) >= 11 is 0. The third kappa shape index (κ3) is 2.40. The fourth-order valence-corrected chi connectivity index (χ4v) is 8.83. The van der Waals surface area contributed by atoms with Crippen molar-refractivity contribution in [3.8, 4) is 0 Å². The number of rotatable bonds is 6. The zero-order chi connectivity index (χ0) is 23.8. The predicted octanol–water partition coefficient (Wildman–Crippen LogP) is 1.12. The molecule has 2 amide bonds. The highest BCUT2D eigenvalue weighted by atomic mass is 32.2. The summed E-state index contributed by atoms with van der Waals surface area (Å²) in [5.74, 6) is -3.30. The van der Waals surface area contributed by atoms with Crippen molar-refractivity contribution in [1.82, 2.24) is 9.80 Å². The molecule has 4 heterocycles. The van der Waals surface area contributed by atoms with Gasteiger partial charge in [-0.3, -0.25) is 9.59 Å². The number of ether oxygens (including phenoxy) is 2. The zero-order valence-electron chi connectivity index (χ0n) is 18.9. The van der Waals surface area contributed by atoms with E-state index < -0.39 is 55.7 Å². The first-order valence-electron chi connectivity index (χ1n) is 11.5. The molecule has 4 aliphatic rings. The summed E-state index contributed by atoms with van der Waals surface area (Å²) in [5, 5.41) is -1.31. The summed E-state index contributed by atoms with van der Waals surface area (Å²) in [6.07, 6.45) is 0.863. The normalized spacial score (nSPS) is 36.6. The molecule has 0 saturated carbocycles. The van der Waals surface area contributed by atoms with Gasteiger partial charge < -0.3 is 19.3 Å². The number of esters is 1. The van der Waals surface area contributed by atoms with Crippen LogP contribution in [0.2, 0.25) is 0 Å². The molecule has 5 rings (SSSR count). The summed E-state index contributed by atoms with van der Waals surface area (Å²) in [5.41, 5.74) is -5.41. The molecule has 4 aliphatic heterocycles. The molecule has 1 aromatic rings. The van der Waals surface area contributed by atoms with Gasteiger partial charge in [0.05, 0.1) is 10.8 Å². The topological polar surface area (TPSA) is 110 Å². The lowest BCUT2D eigenvalue weighted by Crippen LogP contribution is -2.67. The zero-order valence-corrected chi connectivity index (χ0v) is 19.8. The van der Waals surface area contributed by atoms with Crippen molar-refractivity contribution in [2.75, 3.05) is 19.6 Å². The monoisotopic (exact) mass is 476 g/mol. The molecule has 5 atom stereocenters. The number of carbonyl (C=O) groups is 3. The van der Waals surface area contributed by atoms with Gasteiger partial charge in [0.2, 0.25) is 0 Å². The van der Waals surface area contributed by atoms with Crippen LogP contribution < -0.4 is 0 Å². The van der Waals surface area contributed by atoms with Gasteiger partial charge >= 0.3 is 5.97 Å². The Morgan fingerprint density at radius 3 is 2.42 bits per heavy atom. The van der Waals surface area contributed by atoms with Crippen molar-refractivity contribution in [3.05, 3.63) is 30.3 Å². The van der Waals surface area contributed by atoms with E-state index in [2.05, 4.69) is 0 Å². The van der Waals surface area contributed by atoms with Crippen LogP contribution in [-0.2, 0) is 33.7 Å². The first-order valence-corrected chi connectivity index (χ1v) is 13.1. The van der Waals surface area contributed by atoms with Gasteiger partial charge in [-0.25, -0.2) is 13.2 Å². The lowest BCUT2D eigenvalue weighted by molar-refractivity contribution is -0.175. The van der Waals surface area contributed by atoms with E-state index in [1.165, 1.54) is 21.9 Å². The average molecular weight is 477 g/mol. The van der Waals surface area contributed by atoms with Gasteiger partial charge in [0.25, 0.3) is 17.4 Å². The molecule has 2 bridgehead atoms. The van der Waals surface area contributed by atoms with Gasteiger partial charge in [0.1, 0.15) is 5.25 Å². The second kappa shape index (κ2) is 7.02. The highest BCUT2D eigenvalue weighted by molar-refractivity contribution is 7.92. The third-order valence-electron chi connectivity index (χ3n) is 7.88. The van der Waals surface area contributed by atoms with Gasteiger partial charge in [-0.05, 0) is 45.2 Å². The number of nitrogens with zero attached hydrogens (tertiary/aromatic N) is 2. The molecule has 4 saturated heterocycles. The van der Waals surface area contributed by atoms with E-state index in [9.17, 15) is 22.8 Å². The Bertz CT molecular complexity index is 1130. The molecule has 0 aliphatic carbocycles. The molecule has 4 fully saturated rings. The Balaban J connectivity index is 1.78. The molecule has 0 N–H and O–H groups in total. The number of carbonyl (C=O) groups excluding carboxylic acids is 3. The first kappa shape index (κ1) is 22.3. The third-order valence-corrected chi connectivity index (χ3v) is 10.1. The molecule has 2 spiro atoms. The van der Waals surface area contributed by atoms with Crippen molar-refractivity contribution < 1.29 is 32.3 Å². The number of benzene rings is 1. The number of amides is 2. The smallest absolute Gasteiger partial charge is 0.350 e. The van der Waals surface area contributed by atoms with Crippen LogP contribution >= 0.6 is 0 Å². The number of hydrogen-bond donors (Lipinski definition) is 0. The van der Waals surface area contributed by atoms with E-state index >= 15 is 0 Å².